The van der Waals surface area contributed by atoms with E-state index in [-0.39, 0.29) is 5.91 Å². The lowest BCUT2D eigenvalue weighted by molar-refractivity contribution is 0.0997. The van der Waals surface area contributed by atoms with Gasteiger partial charge in [-0.3, -0.25) is 4.79 Å². The molecule has 0 spiro atoms. The summed E-state index contributed by atoms with van der Waals surface area (Å²) in [6.07, 6.45) is 7.49. The Morgan fingerprint density at radius 3 is 2.92 bits per heavy atom. The first-order valence-electron chi connectivity index (χ1n) is 7.50. The third-order valence-electron chi connectivity index (χ3n) is 3.74. The summed E-state index contributed by atoms with van der Waals surface area (Å²) in [5, 5.41) is 0.634. The fourth-order valence-corrected chi connectivity index (χ4v) is 4.39. The van der Waals surface area contributed by atoms with Gasteiger partial charge in [0.2, 0.25) is 0 Å². The van der Waals surface area contributed by atoms with Crippen LogP contribution in [0, 0.1) is 19.3 Å². The maximum absolute atomic E-state index is 12.6. The van der Waals surface area contributed by atoms with Crippen molar-refractivity contribution in [3.8, 4) is 12.3 Å². The smallest absolute Gasteiger partial charge is 0.279 e. The summed E-state index contributed by atoms with van der Waals surface area (Å²) in [7, 11) is 0. The van der Waals surface area contributed by atoms with Crippen LogP contribution in [0.3, 0.4) is 0 Å². The minimum absolute atomic E-state index is 0.290. The van der Waals surface area contributed by atoms with Gasteiger partial charge >= 0.3 is 0 Å². The highest BCUT2D eigenvalue weighted by molar-refractivity contribution is 7.98. The number of thiazole rings is 1. The number of thioether (sulfide) groups is 1. The van der Waals surface area contributed by atoms with Crippen LogP contribution in [0.4, 0.5) is 0 Å². The van der Waals surface area contributed by atoms with Gasteiger partial charge in [-0.2, -0.15) is 4.99 Å². The first-order chi connectivity index (χ1) is 12.0. The second-order valence-electron chi connectivity index (χ2n) is 5.37. The Balaban J connectivity index is 2.20. The minimum Gasteiger partial charge on any atom is -0.304 e. The van der Waals surface area contributed by atoms with Crippen molar-refractivity contribution in [3.63, 3.8) is 0 Å². The lowest BCUT2D eigenvalue weighted by atomic mass is 10.2. The molecule has 0 aliphatic carbocycles. The number of hydrogen-bond donors (Lipinski definition) is 0. The maximum Gasteiger partial charge on any atom is 0.279 e. The molecule has 0 aliphatic rings. The van der Waals surface area contributed by atoms with E-state index >= 15 is 0 Å². The van der Waals surface area contributed by atoms with E-state index in [2.05, 4.69) is 10.9 Å². The van der Waals surface area contributed by atoms with E-state index in [9.17, 15) is 4.79 Å². The molecule has 1 amide bonds. The summed E-state index contributed by atoms with van der Waals surface area (Å²) in [5.41, 5.74) is 2.53. The van der Waals surface area contributed by atoms with Crippen molar-refractivity contribution in [3.05, 3.63) is 57.3 Å². The highest BCUT2D eigenvalue weighted by Crippen LogP contribution is 2.28. The average molecular weight is 387 g/mol. The van der Waals surface area contributed by atoms with Crippen LogP contribution < -0.4 is 4.80 Å². The van der Waals surface area contributed by atoms with Crippen molar-refractivity contribution >= 4 is 50.8 Å². The van der Waals surface area contributed by atoms with Gasteiger partial charge < -0.3 is 4.57 Å². The van der Waals surface area contributed by atoms with Crippen molar-refractivity contribution in [2.24, 2.45) is 4.99 Å². The molecule has 126 valence electrons. The van der Waals surface area contributed by atoms with Crippen LogP contribution in [0.5, 0.6) is 0 Å². The number of nitrogens with zero attached hydrogens (tertiary/aromatic N) is 2. The first kappa shape index (κ1) is 17.8. The van der Waals surface area contributed by atoms with Crippen LogP contribution in [-0.2, 0) is 6.54 Å². The summed E-state index contributed by atoms with van der Waals surface area (Å²) < 4.78 is 2.76. The normalized spacial score (nSPS) is 11.7. The monoisotopic (exact) mass is 386 g/mol. The molecule has 3 aromatic rings. The molecule has 0 saturated heterocycles. The molecule has 3 rings (SSSR count). The fraction of sp³-hybridized carbons (Fsp3) is 0.158. The largest absolute Gasteiger partial charge is 0.304 e. The van der Waals surface area contributed by atoms with Gasteiger partial charge in [0.1, 0.15) is 0 Å². The van der Waals surface area contributed by atoms with Crippen LogP contribution in [0.25, 0.3) is 10.2 Å². The van der Waals surface area contributed by atoms with Gasteiger partial charge in [0.25, 0.3) is 5.91 Å². The summed E-state index contributed by atoms with van der Waals surface area (Å²) in [5.74, 6) is 2.34. The molecule has 0 saturated carbocycles. The molecule has 1 aromatic heterocycles. The number of aryl methyl sites for hydroxylation is 1. The molecule has 6 heteroatoms. The molecule has 0 atom stereocenters. The predicted octanol–water partition coefficient (Wildman–Crippen LogP) is 4.76. The molecule has 0 unspecified atom stereocenters. The predicted molar refractivity (Wildman–Crippen MR) is 107 cm³/mol. The number of aromatic nitrogens is 1. The van der Waals surface area contributed by atoms with Gasteiger partial charge in [-0.1, -0.05) is 41.0 Å². The standard InChI is InChI=1S/C19H15ClN2OS2/c1-4-10-22-16-12(2)8-9-15(20)17(16)25-19(22)21-18(23)13-6-5-7-14(11-13)24-3/h1,5-9,11H,10H2,2-3H3. The van der Waals surface area contributed by atoms with Gasteiger partial charge in [-0.25, -0.2) is 0 Å². The van der Waals surface area contributed by atoms with Crippen LogP contribution in [0.2, 0.25) is 5.02 Å². The van der Waals surface area contributed by atoms with Gasteiger partial charge in [0, 0.05) is 10.5 Å². The Bertz CT molecular complexity index is 1070. The Hall–Kier alpha value is -2.00. The zero-order valence-electron chi connectivity index (χ0n) is 13.7. The number of terminal acetylenes is 1. The average Bonchev–Trinajstić information content (AvgIpc) is 2.98. The molecular weight excluding hydrogens is 372 g/mol. The van der Waals surface area contributed by atoms with Crippen LogP contribution in [-0.4, -0.2) is 16.7 Å². The molecule has 0 fully saturated rings. The van der Waals surface area contributed by atoms with Crippen LogP contribution >= 0.6 is 34.7 Å². The Morgan fingerprint density at radius 2 is 2.20 bits per heavy atom. The second-order valence-corrected chi connectivity index (χ2v) is 7.63. The molecular formula is C19H15ClN2OS2. The Kier molecular flexibility index (Phi) is 5.33. The van der Waals surface area contributed by atoms with Crippen molar-refractivity contribution in [2.75, 3.05) is 6.26 Å². The van der Waals surface area contributed by atoms with Crippen LogP contribution in [0.1, 0.15) is 15.9 Å². The Morgan fingerprint density at radius 1 is 1.40 bits per heavy atom. The number of fused-ring (bicyclic) bond motifs is 1. The summed E-state index contributed by atoms with van der Waals surface area (Å²) in [6, 6.07) is 11.2. The number of carbonyl (C=O) groups excluding carboxylic acids is 1. The summed E-state index contributed by atoms with van der Waals surface area (Å²) >= 11 is 9.29. The van der Waals surface area contributed by atoms with Crippen molar-refractivity contribution in [1.29, 1.82) is 0 Å². The van der Waals surface area contributed by atoms with Crippen molar-refractivity contribution in [2.45, 2.75) is 18.4 Å². The van der Waals surface area contributed by atoms with E-state index < -0.39 is 0 Å². The van der Waals surface area contributed by atoms with Gasteiger partial charge in [0.15, 0.2) is 4.80 Å². The van der Waals surface area contributed by atoms with E-state index in [1.54, 1.807) is 17.8 Å². The first-order valence-corrected chi connectivity index (χ1v) is 9.92. The van der Waals surface area contributed by atoms with Gasteiger partial charge in [0.05, 0.1) is 21.8 Å². The molecule has 0 bridgehead atoms. The third-order valence-corrected chi connectivity index (χ3v) is 6.01. The van der Waals surface area contributed by atoms with Crippen LogP contribution in [0.15, 0.2) is 46.3 Å². The number of amides is 1. The number of carbonyl (C=O) groups is 1. The number of hydrogen-bond acceptors (Lipinski definition) is 3. The van der Waals surface area contributed by atoms with Gasteiger partial charge in [-0.15, -0.1) is 18.2 Å². The summed E-state index contributed by atoms with van der Waals surface area (Å²) in [4.78, 5) is 18.5. The maximum atomic E-state index is 12.6. The number of benzene rings is 2. The molecule has 25 heavy (non-hydrogen) atoms. The van der Waals surface area contributed by atoms with E-state index in [1.807, 2.05) is 48.1 Å². The SMILES string of the molecule is C#CCn1c(=NC(=O)c2cccc(SC)c2)sc2c(Cl)ccc(C)c21. The topological polar surface area (TPSA) is 34.4 Å². The van der Waals surface area contributed by atoms with Crippen molar-refractivity contribution < 1.29 is 4.79 Å². The fourth-order valence-electron chi connectivity index (χ4n) is 2.55. The van der Waals surface area contributed by atoms with E-state index in [1.165, 1.54) is 11.3 Å². The third kappa shape index (κ3) is 3.52. The quantitative estimate of drug-likeness (QED) is 0.480. The minimum atomic E-state index is -0.290. The van der Waals surface area contributed by atoms with E-state index in [0.717, 1.165) is 20.7 Å². The Labute approximate surface area is 159 Å². The zero-order valence-corrected chi connectivity index (χ0v) is 16.1. The molecule has 0 N–H and O–H groups in total. The van der Waals surface area contributed by atoms with E-state index in [0.29, 0.717) is 21.9 Å². The molecule has 0 radical (unpaired) electrons. The molecule has 2 aromatic carbocycles. The van der Waals surface area contributed by atoms with Crippen molar-refractivity contribution in [1.82, 2.24) is 4.57 Å². The molecule has 0 aliphatic heterocycles. The number of halogens is 1. The van der Waals surface area contributed by atoms with E-state index in [4.69, 9.17) is 18.0 Å². The molecule has 1 heterocycles. The highest BCUT2D eigenvalue weighted by atomic mass is 35.5. The lowest BCUT2D eigenvalue weighted by Gasteiger charge is -2.04. The molecule has 3 nitrogen and oxygen atoms in total. The summed E-state index contributed by atoms with van der Waals surface area (Å²) in [6.45, 7) is 2.32. The van der Waals surface area contributed by atoms with Gasteiger partial charge in [-0.05, 0) is 43.0 Å². The second kappa shape index (κ2) is 7.49. The number of rotatable bonds is 3. The highest BCUT2D eigenvalue weighted by Gasteiger charge is 2.13. The zero-order chi connectivity index (χ0) is 18.0. The lowest BCUT2D eigenvalue weighted by Crippen LogP contribution is -2.16.